The van der Waals surface area contributed by atoms with Gasteiger partial charge in [-0.25, -0.2) is 8.42 Å². The van der Waals surface area contributed by atoms with E-state index < -0.39 is 15.9 Å². The lowest BCUT2D eigenvalue weighted by molar-refractivity contribution is 0.0987. The molecular formula is C14H16N2O5S. The van der Waals surface area contributed by atoms with E-state index in [4.69, 9.17) is 9.15 Å². The second kappa shape index (κ2) is 6.63. The second-order valence-electron chi connectivity index (χ2n) is 4.60. The minimum atomic E-state index is -3.32. The monoisotopic (exact) mass is 324 g/mol. The van der Waals surface area contributed by atoms with E-state index >= 15 is 0 Å². The van der Waals surface area contributed by atoms with Gasteiger partial charge in [0.2, 0.25) is 10.0 Å². The van der Waals surface area contributed by atoms with Crippen molar-refractivity contribution in [3.63, 3.8) is 0 Å². The molecule has 0 saturated carbocycles. The first-order valence-electron chi connectivity index (χ1n) is 6.34. The SMILES string of the molecule is COCc1ccc(C(=O)Nc2ccc(NS(C)(=O)=O)cc2)o1. The molecular weight excluding hydrogens is 308 g/mol. The highest BCUT2D eigenvalue weighted by Gasteiger charge is 2.11. The quantitative estimate of drug-likeness (QED) is 0.847. The molecule has 2 aromatic rings. The smallest absolute Gasteiger partial charge is 0.291 e. The molecule has 0 atom stereocenters. The zero-order chi connectivity index (χ0) is 16.2. The van der Waals surface area contributed by atoms with Crippen LogP contribution < -0.4 is 10.0 Å². The lowest BCUT2D eigenvalue weighted by Gasteiger charge is -2.06. The predicted molar refractivity (Wildman–Crippen MR) is 82.3 cm³/mol. The molecule has 118 valence electrons. The molecule has 0 aliphatic heterocycles. The highest BCUT2D eigenvalue weighted by molar-refractivity contribution is 7.92. The molecule has 0 aliphatic rings. The summed E-state index contributed by atoms with van der Waals surface area (Å²) in [4.78, 5) is 12.0. The molecule has 0 unspecified atom stereocenters. The molecule has 22 heavy (non-hydrogen) atoms. The van der Waals surface area contributed by atoms with Crippen molar-refractivity contribution in [1.82, 2.24) is 0 Å². The third-order valence-corrected chi connectivity index (χ3v) is 3.22. The molecule has 1 aromatic carbocycles. The maximum atomic E-state index is 12.0. The first-order valence-corrected chi connectivity index (χ1v) is 8.23. The van der Waals surface area contributed by atoms with Crippen molar-refractivity contribution < 1.29 is 22.4 Å². The van der Waals surface area contributed by atoms with Crippen molar-refractivity contribution in [1.29, 1.82) is 0 Å². The Labute approximate surface area is 128 Å². The van der Waals surface area contributed by atoms with Crippen LogP contribution in [0.5, 0.6) is 0 Å². The van der Waals surface area contributed by atoms with Gasteiger partial charge in [0.15, 0.2) is 5.76 Å². The summed E-state index contributed by atoms with van der Waals surface area (Å²) < 4.78 is 34.8. The number of amides is 1. The molecule has 0 fully saturated rings. The van der Waals surface area contributed by atoms with Gasteiger partial charge in [-0.1, -0.05) is 0 Å². The first kappa shape index (κ1) is 16.1. The Balaban J connectivity index is 2.02. The van der Waals surface area contributed by atoms with E-state index in [-0.39, 0.29) is 5.76 Å². The molecule has 8 heteroatoms. The Hall–Kier alpha value is -2.32. The van der Waals surface area contributed by atoms with Gasteiger partial charge < -0.3 is 14.5 Å². The normalized spacial score (nSPS) is 11.2. The Kier molecular flexibility index (Phi) is 4.84. The van der Waals surface area contributed by atoms with Crippen molar-refractivity contribution in [2.45, 2.75) is 6.61 Å². The summed E-state index contributed by atoms with van der Waals surface area (Å²) >= 11 is 0. The minimum Gasteiger partial charge on any atom is -0.453 e. The molecule has 0 radical (unpaired) electrons. The Bertz CT molecular complexity index is 750. The van der Waals surface area contributed by atoms with Gasteiger partial charge in [-0.2, -0.15) is 0 Å². The number of rotatable bonds is 6. The van der Waals surface area contributed by atoms with Crippen molar-refractivity contribution >= 4 is 27.3 Å². The van der Waals surface area contributed by atoms with E-state index in [1.54, 1.807) is 36.4 Å². The van der Waals surface area contributed by atoms with E-state index in [2.05, 4.69) is 10.0 Å². The van der Waals surface area contributed by atoms with Crippen LogP contribution >= 0.6 is 0 Å². The predicted octanol–water partition coefficient (Wildman–Crippen LogP) is 2.05. The van der Waals surface area contributed by atoms with E-state index in [0.717, 1.165) is 6.26 Å². The average molecular weight is 324 g/mol. The fourth-order valence-electron chi connectivity index (χ4n) is 1.75. The number of carbonyl (C=O) groups excluding carboxylic acids is 1. The van der Waals surface area contributed by atoms with Crippen LogP contribution in [-0.4, -0.2) is 27.7 Å². The number of benzene rings is 1. The van der Waals surface area contributed by atoms with Crippen molar-refractivity contribution in [2.24, 2.45) is 0 Å². The molecule has 0 aliphatic carbocycles. The van der Waals surface area contributed by atoms with Gasteiger partial charge in [0, 0.05) is 18.5 Å². The number of carbonyl (C=O) groups is 1. The van der Waals surface area contributed by atoms with Crippen LogP contribution in [0, 0.1) is 0 Å². The van der Waals surface area contributed by atoms with Gasteiger partial charge in [-0.3, -0.25) is 9.52 Å². The van der Waals surface area contributed by atoms with E-state index in [1.165, 1.54) is 7.11 Å². The zero-order valence-corrected chi connectivity index (χ0v) is 12.9. The summed E-state index contributed by atoms with van der Waals surface area (Å²) in [5.74, 6) is 0.330. The molecule has 1 heterocycles. The summed E-state index contributed by atoms with van der Waals surface area (Å²) in [6, 6.07) is 9.50. The first-order chi connectivity index (χ1) is 10.4. The highest BCUT2D eigenvalue weighted by atomic mass is 32.2. The summed E-state index contributed by atoms with van der Waals surface area (Å²) in [5.41, 5.74) is 0.939. The van der Waals surface area contributed by atoms with E-state index in [1.807, 2.05) is 0 Å². The molecule has 0 bridgehead atoms. The topological polar surface area (TPSA) is 97.6 Å². The number of hydrogen-bond donors (Lipinski definition) is 2. The maximum Gasteiger partial charge on any atom is 0.291 e. The Morgan fingerprint density at radius 1 is 1.14 bits per heavy atom. The van der Waals surface area contributed by atoms with Gasteiger partial charge in [-0.15, -0.1) is 0 Å². The lowest BCUT2D eigenvalue weighted by atomic mass is 10.3. The van der Waals surface area contributed by atoms with E-state index in [9.17, 15) is 13.2 Å². The minimum absolute atomic E-state index is 0.172. The summed E-state index contributed by atoms with van der Waals surface area (Å²) in [6.45, 7) is 0.291. The average Bonchev–Trinajstić information content (AvgIpc) is 2.88. The van der Waals surface area contributed by atoms with Crippen LogP contribution in [0.2, 0.25) is 0 Å². The molecule has 0 spiro atoms. The number of nitrogens with one attached hydrogen (secondary N) is 2. The van der Waals surface area contributed by atoms with Crippen molar-refractivity contribution in [3.05, 3.63) is 47.9 Å². The van der Waals surface area contributed by atoms with Crippen molar-refractivity contribution in [3.8, 4) is 0 Å². The van der Waals surface area contributed by atoms with Crippen LogP contribution in [0.1, 0.15) is 16.3 Å². The number of sulfonamides is 1. The molecule has 1 aromatic heterocycles. The summed E-state index contributed by atoms with van der Waals surface area (Å²) in [7, 11) is -1.79. The number of methoxy groups -OCH3 is 1. The van der Waals surface area contributed by atoms with Gasteiger partial charge in [0.1, 0.15) is 12.4 Å². The van der Waals surface area contributed by atoms with Gasteiger partial charge in [0.25, 0.3) is 5.91 Å². The third kappa shape index (κ3) is 4.61. The van der Waals surface area contributed by atoms with Gasteiger partial charge in [0.05, 0.1) is 6.26 Å². The fraction of sp³-hybridized carbons (Fsp3) is 0.214. The maximum absolute atomic E-state index is 12.0. The van der Waals surface area contributed by atoms with Crippen molar-refractivity contribution in [2.75, 3.05) is 23.4 Å². The van der Waals surface area contributed by atoms with Crippen LogP contribution in [-0.2, 0) is 21.4 Å². The summed E-state index contributed by atoms with van der Waals surface area (Å²) in [5, 5.41) is 2.65. The van der Waals surface area contributed by atoms with Crippen LogP contribution in [0.15, 0.2) is 40.8 Å². The van der Waals surface area contributed by atoms with E-state index in [0.29, 0.717) is 23.7 Å². The Morgan fingerprint density at radius 3 is 2.36 bits per heavy atom. The standard InChI is InChI=1S/C14H16N2O5S/c1-20-9-12-7-8-13(21-12)14(17)15-10-3-5-11(6-4-10)16-22(2,18)19/h3-8,16H,9H2,1-2H3,(H,15,17). The number of anilines is 2. The number of furan rings is 1. The Morgan fingerprint density at radius 2 is 1.77 bits per heavy atom. The van der Waals surface area contributed by atoms with Gasteiger partial charge in [-0.05, 0) is 36.4 Å². The lowest BCUT2D eigenvalue weighted by Crippen LogP contribution is -2.12. The van der Waals surface area contributed by atoms with Crippen LogP contribution in [0.3, 0.4) is 0 Å². The summed E-state index contributed by atoms with van der Waals surface area (Å²) in [6.07, 6.45) is 1.07. The molecule has 1 amide bonds. The molecule has 0 saturated heterocycles. The molecule has 2 N–H and O–H groups in total. The highest BCUT2D eigenvalue weighted by Crippen LogP contribution is 2.16. The van der Waals surface area contributed by atoms with Crippen LogP contribution in [0.4, 0.5) is 11.4 Å². The van der Waals surface area contributed by atoms with Gasteiger partial charge >= 0.3 is 0 Å². The van der Waals surface area contributed by atoms with Crippen LogP contribution in [0.25, 0.3) is 0 Å². The molecule has 2 rings (SSSR count). The fourth-order valence-corrected chi connectivity index (χ4v) is 2.31. The second-order valence-corrected chi connectivity index (χ2v) is 6.35. The molecule has 7 nitrogen and oxygen atoms in total. The number of ether oxygens (including phenoxy) is 1. The third-order valence-electron chi connectivity index (χ3n) is 2.62. The largest absolute Gasteiger partial charge is 0.453 e. The number of hydrogen-bond acceptors (Lipinski definition) is 5. The zero-order valence-electron chi connectivity index (χ0n) is 12.1.